The number of carbonyl (C=O) groups excluding carboxylic acids is 1. The van der Waals surface area contributed by atoms with Gasteiger partial charge in [-0.2, -0.15) is 0 Å². The van der Waals surface area contributed by atoms with Crippen LogP contribution in [0.3, 0.4) is 0 Å². The summed E-state index contributed by atoms with van der Waals surface area (Å²) >= 11 is 1.61. The summed E-state index contributed by atoms with van der Waals surface area (Å²) < 4.78 is 34.8. The van der Waals surface area contributed by atoms with Crippen LogP contribution in [0, 0.1) is 5.41 Å². The van der Waals surface area contributed by atoms with Gasteiger partial charge in [0, 0.05) is 6.42 Å². The van der Waals surface area contributed by atoms with Gasteiger partial charge in [-0.1, -0.05) is 26.0 Å². The van der Waals surface area contributed by atoms with Gasteiger partial charge in [0.25, 0.3) is 0 Å². The van der Waals surface area contributed by atoms with Crippen LogP contribution in [0.5, 0.6) is 5.75 Å². The molecule has 0 aliphatic heterocycles. The summed E-state index contributed by atoms with van der Waals surface area (Å²) in [5.41, 5.74) is 0.309. The van der Waals surface area contributed by atoms with Crippen LogP contribution in [0.1, 0.15) is 31.7 Å². The van der Waals surface area contributed by atoms with Gasteiger partial charge in [0.15, 0.2) is 0 Å². The van der Waals surface area contributed by atoms with E-state index in [0.717, 1.165) is 15.2 Å². The maximum absolute atomic E-state index is 12.9. The number of ether oxygens (including phenoxy) is 2. The van der Waals surface area contributed by atoms with E-state index in [0.29, 0.717) is 25.0 Å². The molecule has 2 N–H and O–H groups in total. The standard InChI is InChI=1S/C22H26N2O5S2/c1-3-22(4-2,15-20-24-18-7-5-6-8-19(18)30-20)21(25)29-14-13-28-16-9-11-17(12-10-16)31(23,26)27/h5-12H,3-4,13-15H2,1-2H3,(H2,23,26,27). The second kappa shape index (κ2) is 9.76. The third-order valence-corrected chi connectivity index (χ3v) is 7.32. The first-order valence-electron chi connectivity index (χ1n) is 10.0. The summed E-state index contributed by atoms with van der Waals surface area (Å²) in [5, 5.41) is 6.00. The number of hydrogen-bond acceptors (Lipinski definition) is 7. The Morgan fingerprint density at radius 3 is 2.35 bits per heavy atom. The molecule has 0 aliphatic rings. The van der Waals surface area contributed by atoms with Crippen LogP contribution in [0.25, 0.3) is 10.2 Å². The Hall–Kier alpha value is -2.49. The normalized spacial score (nSPS) is 12.1. The van der Waals surface area contributed by atoms with Gasteiger partial charge in [-0.3, -0.25) is 4.79 Å². The average molecular weight is 463 g/mol. The number of sulfonamides is 1. The molecule has 1 aromatic heterocycles. The molecule has 0 unspecified atom stereocenters. The highest BCUT2D eigenvalue weighted by atomic mass is 32.2. The molecule has 0 atom stereocenters. The number of carbonyl (C=O) groups is 1. The third kappa shape index (κ3) is 5.61. The SMILES string of the molecule is CCC(CC)(Cc1nc2ccccc2s1)C(=O)OCCOc1ccc(S(N)(=O)=O)cc1. The zero-order valence-corrected chi connectivity index (χ0v) is 19.2. The van der Waals surface area contributed by atoms with E-state index in [9.17, 15) is 13.2 Å². The number of benzene rings is 2. The number of aromatic nitrogens is 1. The molecule has 0 saturated heterocycles. The van der Waals surface area contributed by atoms with Crippen LogP contribution in [-0.2, 0) is 26.0 Å². The fourth-order valence-electron chi connectivity index (χ4n) is 3.32. The van der Waals surface area contributed by atoms with Gasteiger partial charge >= 0.3 is 5.97 Å². The number of para-hydroxylation sites is 1. The lowest BCUT2D eigenvalue weighted by molar-refractivity contribution is -0.157. The topological polar surface area (TPSA) is 109 Å². The molecule has 2 aromatic carbocycles. The van der Waals surface area contributed by atoms with Crippen molar-refractivity contribution in [1.29, 1.82) is 0 Å². The molecular weight excluding hydrogens is 436 g/mol. The summed E-state index contributed by atoms with van der Waals surface area (Å²) in [6.07, 6.45) is 1.83. The summed E-state index contributed by atoms with van der Waals surface area (Å²) in [7, 11) is -3.74. The van der Waals surface area contributed by atoms with Crippen LogP contribution in [0.2, 0.25) is 0 Å². The van der Waals surface area contributed by atoms with Gasteiger partial charge in [0.2, 0.25) is 10.0 Å². The van der Waals surface area contributed by atoms with Gasteiger partial charge in [0.05, 0.1) is 25.5 Å². The highest BCUT2D eigenvalue weighted by Gasteiger charge is 2.37. The van der Waals surface area contributed by atoms with Crippen LogP contribution in [0.15, 0.2) is 53.4 Å². The predicted molar refractivity (Wildman–Crippen MR) is 121 cm³/mol. The summed E-state index contributed by atoms with van der Waals surface area (Å²) in [4.78, 5) is 17.6. The minimum atomic E-state index is -3.74. The van der Waals surface area contributed by atoms with Crippen molar-refractivity contribution in [3.63, 3.8) is 0 Å². The number of primary sulfonamides is 1. The second-order valence-corrected chi connectivity index (χ2v) is 9.92. The Bertz CT molecular complexity index is 1100. The molecule has 0 aliphatic carbocycles. The molecule has 31 heavy (non-hydrogen) atoms. The van der Waals surface area contributed by atoms with Crippen LogP contribution in [0.4, 0.5) is 0 Å². The molecule has 0 bridgehead atoms. The first-order chi connectivity index (χ1) is 14.8. The van der Waals surface area contributed by atoms with Crippen molar-refractivity contribution in [2.75, 3.05) is 13.2 Å². The Kier molecular flexibility index (Phi) is 7.30. The number of thiazole rings is 1. The zero-order chi connectivity index (χ0) is 22.5. The van der Waals surface area contributed by atoms with Gasteiger partial charge in [0.1, 0.15) is 19.0 Å². The number of nitrogens with two attached hydrogens (primary N) is 1. The molecule has 166 valence electrons. The maximum Gasteiger partial charge on any atom is 0.312 e. The highest BCUT2D eigenvalue weighted by Crippen LogP contribution is 2.35. The monoisotopic (exact) mass is 462 g/mol. The van der Waals surface area contributed by atoms with E-state index in [1.54, 1.807) is 11.3 Å². The molecule has 1 heterocycles. The highest BCUT2D eigenvalue weighted by molar-refractivity contribution is 7.89. The Balaban J connectivity index is 1.57. The van der Waals surface area contributed by atoms with Gasteiger partial charge in [-0.25, -0.2) is 18.5 Å². The van der Waals surface area contributed by atoms with Gasteiger partial charge in [-0.15, -0.1) is 11.3 Å². The molecule has 0 fully saturated rings. The molecule has 3 aromatic rings. The van der Waals surface area contributed by atoms with Crippen molar-refractivity contribution in [3.8, 4) is 5.75 Å². The number of rotatable bonds is 10. The first-order valence-corrected chi connectivity index (χ1v) is 12.4. The number of fused-ring (bicyclic) bond motifs is 1. The van der Waals surface area contributed by atoms with Gasteiger partial charge in [-0.05, 0) is 49.2 Å². The van der Waals surface area contributed by atoms with E-state index in [-0.39, 0.29) is 24.1 Å². The lowest BCUT2D eigenvalue weighted by atomic mass is 9.79. The van der Waals surface area contributed by atoms with Crippen molar-refractivity contribution in [2.45, 2.75) is 38.0 Å². The molecule has 7 nitrogen and oxygen atoms in total. The molecule has 9 heteroatoms. The van der Waals surface area contributed by atoms with E-state index in [1.165, 1.54) is 24.3 Å². The molecule has 0 saturated carbocycles. The smallest absolute Gasteiger partial charge is 0.312 e. The number of hydrogen-bond donors (Lipinski definition) is 1. The van der Waals surface area contributed by atoms with Gasteiger partial charge < -0.3 is 9.47 Å². The number of esters is 1. The van der Waals surface area contributed by atoms with E-state index < -0.39 is 15.4 Å². The summed E-state index contributed by atoms with van der Waals surface area (Å²) in [6.45, 7) is 4.23. The predicted octanol–water partition coefficient (Wildman–Crippen LogP) is 3.91. The fraction of sp³-hybridized carbons (Fsp3) is 0.364. The van der Waals surface area contributed by atoms with E-state index in [4.69, 9.17) is 14.6 Å². The maximum atomic E-state index is 12.9. The molecule has 0 radical (unpaired) electrons. The number of nitrogens with zero attached hydrogens (tertiary/aromatic N) is 1. The van der Waals surface area contributed by atoms with Crippen molar-refractivity contribution >= 4 is 37.5 Å². The molecule has 0 spiro atoms. The Labute approximate surface area is 186 Å². The van der Waals surface area contributed by atoms with Crippen LogP contribution in [-0.4, -0.2) is 32.6 Å². The van der Waals surface area contributed by atoms with Crippen molar-refractivity contribution in [1.82, 2.24) is 4.98 Å². The van der Waals surface area contributed by atoms with E-state index in [1.807, 2.05) is 38.1 Å². The lowest BCUT2D eigenvalue weighted by Gasteiger charge is -2.28. The molecule has 3 rings (SSSR count). The summed E-state index contributed by atoms with van der Waals surface area (Å²) in [5.74, 6) is 0.208. The van der Waals surface area contributed by atoms with Crippen molar-refractivity contribution < 1.29 is 22.7 Å². The summed E-state index contributed by atoms with van der Waals surface area (Å²) in [6, 6.07) is 13.7. The average Bonchev–Trinajstić information content (AvgIpc) is 3.17. The van der Waals surface area contributed by atoms with E-state index in [2.05, 4.69) is 4.98 Å². The second-order valence-electron chi connectivity index (χ2n) is 7.24. The minimum absolute atomic E-state index is 0.0109. The fourth-order valence-corrected chi connectivity index (χ4v) is 4.94. The van der Waals surface area contributed by atoms with Crippen molar-refractivity contribution in [3.05, 3.63) is 53.5 Å². The third-order valence-electron chi connectivity index (χ3n) is 5.35. The Morgan fingerprint density at radius 1 is 1.06 bits per heavy atom. The molecular formula is C22H26N2O5S2. The van der Waals surface area contributed by atoms with E-state index >= 15 is 0 Å². The van der Waals surface area contributed by atoms with Crippen LogP contribution < -0.4 is 9.88 Å². The zero-order valence-electron chi connectivity index (χ0n) is 17.5. The Morgan fingerprint density at radius 2 is 1.74 bits per heavy atom. The first kappa shape index (κ1) is 23.2. The van der Waals surface area contributed by atoms with Crippen LogP contribution >= 0.6 is 11.3 Å². The molecule has 0 amide bonds. The minimum Gasteiger partial charge on any atom is -0.490 e. The van der Waals surface area contributed by atoms with Crippen molar-refractivity contribution in [2.24, 2.45) is 10.6 Å². The largest absolute Gasteiger partial charge is 0.490 e. The lowest BCUT2D eigenvalue weighted by Crippen LogP contribution is -2.35. The quantitative estimate of drug-likeness (QED) is 0.361.